The van der Waals surface area contributed by atoms with E-state index in [0.717, 1.165) is 52.8 Å². The molecule has 7 atom stereocenters. The minimum Gasteiger partial charge on any atom is -0.460 e. The average Bonchev–Trinajstić information content (AvgIpc) is 3.05. The lowest BCUT2D eigenvalue weighted by atomic mass is 9.92. The van der Waals surface area contributed by atoms with E-state index in [1.807, 2.05) is 118 Å². The molecule has 7 rings (SSSR count). The number of nitrogens with one attached hydrogen (secondary N) is 8. The zero-order valence-corrected chi connectivity index (χ0v) is 53.1. The second kappa shape index (κ2) is 36.9. The molecule has 20 nitrogen and oxygen atoms in total. The van der Waals surface area contributed by atoms with Crippen LogP contribution < -0.4 is 42.5 Å². The molecule has 3 fully saturated rings. The minimum atomic E-state index is -0.876. The zero-order valence-electron chi connectivity index (χ0n) is 52.3. The van der Waals surface area contributed by atoms with Crippen LogP contribution in [0.5, 0.6) is 0 Å². The molecule has 3 saturated heterocycles. The smallest absolute Gasteiger partial charge is 0.318 e. The van der Waals surface area contributed by atoms with Crippen LogP contribution in [-0.2, 0) is 52.7 Å². The van der Waals surface area contributed by atoms with Gasteiger partial charge >= 0.3 is 18.0 Å². The Labute approximate surface area is 529 Å². The summed E-state index contributed by atoms with van der Waals surface area (Å²) in [5.74, 6) is -0.837. The highest BCUT2D eigenvalue weighted by Gasteiger charge is 2.43. The molecule has 482 valence electrons. The van der Waals surface area contributed by atoms with Crippen molar-refractivity contribution in [2.75, 3.05) is 64.9 Å². The van der Waals surface area contributed by atoms with Gasteiger partial charge in [-0.1, -0.05) is 106 Å². The van der Waals surface area contributed by atoms with Gasteiger partial charge in [-0.15, -0.1) is 0 Å². The number of unbranched alkanes of at least 4 members (excludes halogenated alkanes) is 3. The SMILES string of the molecule is Cc1cccc(C)c1CCC(=O)N[C@@H](Cc1ccccc1)[C@H](C[C@H](Cc1ccccc1)NC(=O)[C@H](C(C)C)N1CCCNC1=O)OC(=O)CCCCCNC(=O)c1ccc(C(=O)NCCOCCOCCNC(=O)CCCC[C@@H]2SC[C@@H]3NC(=O)N[C@@H]32)cc1. The largest absolute Gasteiger partial charge is 0.460 e. The lowest BCUT2D eigenvalue weighted by Crippen LogP contribution is -2.59. The van der Waals surface area contributed by atoms with Crippen molar-refractivity contribution in [2.24, 2.45) is 5.92 Å². The van der Waals surface area contributed by atoms with Crippen molar-refractivity contribution in [3.05, 3.63) is 142 Å². The molecule has 0 bridgehead atoms. The molecule has 21 heteroatoms. The summed E-state index contributed by atoms with van der Waals surface area (Å²) in [6, 6.07) is 30.0. The van der Waals surface area contributed by atoms with E-state index in [2.05, 4.69) is 42.5 Å². The van der Waals surface area contributed by atoms with Crippen LogP contribution in [0.15, 0.2) is 103 Å². The first-order chi connectivity index (χ1) is 43.1. The van der Waals surface area contributed by atoms with Gasteiger partial charge in [0.25, 0.3) is 11.8 Å². The van der Waals surface area contributed by atoms with Crippen LogP contribution in [-0.4, -0.2) is 159 Å². The number of ether oxygens (including phenoxy) is 3. The molecule has 3 aliphatic heterocycles. The number of hydrogen-bond donors (Lipinski definition) is 8. The van der Waals surface area contributed by atoms with Gasteiger partial charge < -0.3 is 61.6 Å². The summed E-state index contributed by atoms with van der Waals surface area (Å²) in [6.07, 6.45) is 6.38. The van der Waals surface area contributed by atoms with Gasteiger partial charge in [-0.05, 0) is 123 Å². The standard InChI is InChI=1S/C68H93N9O11S/c1-46(2)63(77-37-17-34-72-68(77)85)66(83)73-53(42-49-20-8-5-9-21-49)44-57(55(43-50-22-10-6-11-23-50)74-60(79)32-31-54-47(3)18-16-19-48(54)4)88-61(80)26-12-7-15-33-70-64(81)51-27-29-52(30-28-51)65(82)71-36-39-87-41-40-86-38-35-69-59(78)25-14-13-24-58-62-56(45-89-58)75-67(84)76-62/h5-6,8-11,16,18-23,27-30,46,53,55-58,62-63H,7,12-15,17,24-26,31-45H2,1-4H3,(H,69,78)(H,70,81)(H,71,82)(H,72,85)(H,73,83)(H,74,79)(H2,75,76,84)/t53-,55-,56-,57-,58-,62-,63-/m0/s1. The lowest BCUT2D eigenvalue weighted by molar-refractivity contribution is -0.152. The quantitative estimate of drug-likeness (QED) is 0.0128. The summed E-state index contributed by atoms with van der Waals surface area (Å²) in [5.41, 5.74) is 6.00. The molecule has 0 radical (unpaired) electrons. The molecule has 9 amide bonds. The fourth-order valence-corrected chi connectivity index (χ4v) is 13.3. The van der Waals surface area contributed by atoms with E-state index in [4.69, 9.17) is 14.2 Å². The molecule has 89 heavy (non-hydrogen) atoms. The molecule has 0 unspecified atom stereocenters. The Kier molecular flexibility index (Phi) is 28.6. The van der Waals surface area contributed by atoms with Crippen molar-refractivity contribution in [1.82, 2.24) is 47.4 Å². The van der Waals surface area contributed by atoms with E-state index in [1.54, 1.807) is 29.2 Å². The van der Waals surface area contributed by atoms with Crippen LogP contribution in [0.2, 0.25) is 0 Å². The Balaban J connectivity index is 0.844. The van der Waals surface area contributed by atoms with E-state index in [-0.39, 0.29) is 92.0 Å². The first-order valence-electron chi connectivity index (χ1n) is 31.9. The van der Waals surface area contributed by atoms with Crippen LogP contribution in [0.25, 0.3) is 0 Å². The minimum absolute atomic E-state index is 0.00974. The Morgan fingerprint density at radius 2 is 1.28 bits per heavy atom. The van der Waals surface area contributed by atoms with Crippen molar-refractivity contribution < 1.29 is 52.6 Å². The predicted molar refractivity (Wildman–Crippen MR) is 344 cm³/mol. The number of thioether (sulfide) groups is 1. The summed E-state index contributed by atoms with van der Waals surface area (Å²) in [4.78, 5) is 107. The van der Waals surface area contributed by atoms with Crippen molar-refractivity contribution in [1.29, 1.82) is 0 Å². The van der Waals surface area contributed by atoms with Crippen molar-refractivity contribution in [2.45, 2.75) is 159 Å². The van der Waals surface area contributed by atoms with E-state index in [0.29, 0.717) is 114 Å². The van der Waals surface area contributed by atoms with Crippen molar-refractivity contribution in [3.8, 4) is 0 Å². The fraction of sp³-hybridized carbons (Fsp3) is 0.529. The molecule has 0 saturated carbocycles. The van der Waals surface area contributed by atoms with Crippen LogP contribution in [0.1, 0.15) is 133 Å². The third-order valence-electron chi connectivity index (χ3n) is 16.5. The van der Waals surface area contributed by atoms with E-state index in [9.17, 15) is 38.4 Å². The number of aryl methyl sites for hydroxylation is 2. The normalized spacial score (nSPS) is 17.4. The predicted octanol–water partition coefficient (Wildman–Crippen LogP) is 7.03. The average molecular weight is 1240 g/mol. The van der Waals surface area contributed by atoms with Crippen molar-refractivity contribution >= 4 is 59.3 Å². The molecular weight excluding hydrogens is 1150 g/mol. The van der Waals surface area contributed by atoms with Gasteiger partial charge in [0, 0.05) is 86.6 Å². The number of urea groups is 2. The number of hydrogen-bond acceptors (Lipinski definition) is 12. The highest BCUT2D eigenvalue weighted by Crippen LogP contribution is 2.33. The number of rotatable bonds is 38. The summed E-state index contributed by atoms with van der Waals surface area (Å²) in [6.45, 7) is 11.3. The fourth-order valence-electron chi connectivity index (χ4n) is 11.7. The molecule has 3 aliphatic rings. The second-order valence-corrected chi connectivity index (χ2v) is 25.0. The van der Waals surface area contributed by atoms with Gasteiger partial charge in [0.05, 0.1) is 44.6 Å². The highest BCUT2D eigenvalue weighted by molar-refractivity contribution is 8.00. The summed E-state index contributed by atoms with van der Waals surface area (Å²) in [5, 5.41) is 24.4. The van der Waals surface area contributed by atoms with Gasteiger partial charge in [-0.3, -0.25) is 28.8 Å². The number of carbonyl (C=O) groups is 8. The molecule has 3 heterocycles. The number of esters is 1. The Hall–Kier alpha value is -7.49. The molecule has 4 aromatic rings. The number of benzene rings is 4. The van der Waals surface area contributed by atoms with Crippen molar-refractivity contribution in [3.63, 3.8) is 0 Å². The van der Waals surface area contributed by atoms with E-state index < -0.39 is 30.2 Å². The second-order valence-electron chi connectivity index (χ2n) is 23.7. The monoisotopic (exact) mass is 1240 g/mol. The number of amides is 9. The number of carbonyl (C=O) groups excluding carboxylic acids is 8. The number of fused-ring (bicyclic) bond motifs is 1. The van der Waals surface area contributed by atoms with Gasteiger partial charge in [0.2, 0.25) is 17.7 Å². The van der Waals surface area contributed by atoms with E-state index in [1.165, 1.54) is 0 Å². The summed E-state index contributed by atoms with van der Waals surface area (Å²) >= 11 is 1.88. The van der Waals surface area contributed by atoms with Crippen LogP contribution in [0.4, 0.5) is 9.59 Å². The van der Waals surface area contributed by atoms with Crippen LogP contribution >= 0.6 is 11.8 Å². The topological polar surface area (TPSA) is 264 Å². The maximum atomic E-state index is 14.5. The highest BCUT2D eigenvalue weighted by atomic mass is 32.2. The Bertz CT molecular complexity index is 2900. The van der Waals surface area contributed by atoms with Gasteiger partial charge in [0.15, 0.2) is 0 Å². The Morgan fingerprint density at radius 1 is 0.652 bits per heavy atom. The lowest BCUT2D eigenvalue weighted by Gasteiger charge is -2.37. The molecule has 0 aliphatic carbocycles. The molecule has 0 aromatic heterocycles. The third-order valence-corrected chi connectivity index (χ3v) is 18.0. The summed E-state index contributed by atoms with van der Waals surface area (Å²) < 4.78 is 17.6. The first kappa shape index (κ1) is 69.0. The van der Waals surface area contributed by atoms with Crippen LogP contribution in [0, 0.1) is 19.8 Å². The Morgan fingerprint density at radius 3 is 1.93 bits per heavy atom. The maximum Gasteiger partial charge on any atom is 0.318 e. The van der Waals surface area contributed by atoms with Gasteiger partial charge in [0.1, 0.15) is 12.1 Å². The zero-order chi connectivity index (χ0) is 63.3. The molecular formula is C68H93N9O11S. The first-order valence-corrected chi connectivity index (χ1v) is 32.9. The maximum absolute atomic E-state index is 14.5. The number of nitrogens with zero attached hydrogens (tertiary/aromatic N) is 1. The molecule has 0 spiro atoms. The molecule has 8 N–H and O–H groups in total. The third kappa shape index (κ3) is 23.1. The van der Waals surface area contributed by atoms with Gasteiger partial charge in [-0.2, -0.15) is 11.8 Å². The van der Waals surface area contributed by atoms with Crippen LogP contribution in [0.3, 0.4) is 0 Å². The summed E-state index contributed by atoms with van der Waals surface area (Å²) in [7, 11) is 0. The molecule has 4 aromatic carbocycles. The van der Waals surface area contributed by atoms with E-state index >= 15 is 0 Å². The van der Waals surface area contributed by atoms with Gasteiger partial charge in [-0.25, -0.2) is 9.59 Å².